The summed E-state index contributed by atoms with van der Waals surface area (Å²) in [5, 5.41) is 23.6. The number of rotatable bonds is 3. The fraction of sp³-hybridized carbons (Fsp3) is 0.571. The Bertz CT molecular complexity index is 704. The molecule has 120 valence electrons. The molecule has 1 saturated heterocycles. The van der Waals surface area contributed by atoms with Crippen LogP contribution >= 0.6 is 0 Å². The summed E-state index contributed by atoms with van der Waals surface area (Å²) in [4.78, 5) is 4.08. The van der Waals surface area contributed by atoms with E-state index >= 15 is 4.39 Å². The summed E-state index contributed by atoms with van der Waals surface area (Å²) in [6.45, 7) is 2.46. The van der Waals surface area contributed by atoms with E-state index in [2.05, 4.69) is 10.1 Å². The normalized spacial score (nSPS) is 35.4. The molecule has 0 spiro atoms. The number of hydrogen-bond acceptors (Lipinski definition) is 6. The molecule has 3 rings (SSSR count). The summed E-state index contributed by atoms with van der Waals surface area (Å²) < 4.78 is 27.7. The number of halogens is 1. The highest BCUT2D eigenvalue weighted by molar-refractivity contribution is 5.53. The number of aryl methyl sites for hydroxylation is 1. The lowest BCUT2D eigenvalue weighted by Crippen LogP contribution is -2.50. The molecule has 22 heavy (non-hydrogen) atoms. The molecule has 1 aliphatic heterocycles. The number of nitrogens with zero attached hydrogens (tertiary/aromatic N) is 3. The zero-order valence-electron chi connectivity index (χ0n) is 12.5. The van der Waals surface area contributed by atoms with Crippen LogP contribution < -0.4 is 0 Å². The van der Waals surface area contributed by atoms with E-state index in [4.69, 9.17) is 9.47 Å². The van der Waals surface area contributed by atoms with Crippen molar-refractivity contribution in [2.45, 2.75) is 37.5 Å². The van der Waals surface area contributed by atoms with Crippen LogP contribution in [0.4, 0.5) is 4.39 Å². The SMILES string of the molecule is CO[C@@]1(c2ccc3c(C)ncnn23)O[C@H](CO)[C@@H](O)[C@@]1(C)F. The van der Waals surface area contributed by atoms with E-state index in [-0.39, 0.29) is 5.69 Å². The Hall–Kier alpha value is -1.61. The van der Waals surface area contributed by atoms with E-state index in [1.165, 1.54) is 24.9 Å². The Morgan fingerprint density at radius 1 is 1.50 bits per heavy atom. The smallest absolute Gasteiger partial charge is 0.250 e. The maximum atomic E-state index is 15.3. The Morgan fingerprint density at radius 3 is 2.82 bits per heavy atom. The third-order valence-electron chi connectivity index (χ3n) is 4.32. The lowest BCUT2D eigenvalue weighted by Gasteiger charge is -2.35. The highest BCUT2D eigenvalue weighted by Crippen LogP contribution is 2.50. The van der Waals surface area contributed by atoms with Gasteiger partial charge in [0.25, 0.3) is 0 Å². The lowest BCUT2D eigenvalue weighted by molar-refractivity contribution is -0.272. The second-order valence-corrected chi connectivity index (χ2v) is 5.54. The number of alkyl halides is 1. The molecule has 0 radical (unpaired) electrons. The van der Waals surface area contributed by atoms with Gasteiger partial charge in [-0.25, -0.2) is 13.9 Å². The molecular formula is C14H18FN3O4. The predicted octanol–water partition coefficient (Wildman–Crippen LogP) is 0.317. The molecular weight excluding hydrogens is 293 g/mol. The van der Waals surface area contributed by atoms with Gasteiger partial charge in [-0.2, -0.15) is 5.10 Å². The van der Waals surface area contributed by atoms with Gasteiger partial charge in [0.05, 0.1) is 17.8 Å². The largest absolute Gasteiger partial charge is 0.394 e. The summed E-state index contributed by atoms with van der Waals surface area (Å²) in [5.74, 6) is -1.88. The summed E-state index contributed by atoms with van der Waals surface area (Å²) in [6.07, 6.45) is -1.28. The molecule has 0 aliphatic carbocycles. The second-order valence-electron chi connectivity index (χ2n) is 5.54. The molecule has 3 heterocycles. The molecule has 0 unspecified atom stereocenters. The number of fused-ring (bicyclic) bond motifs is 1. The van der Waals surface area contributed by atoms with Crippen LogP contribution in [-0.4, -0.2) is 56.4 Å². The van der Waals surface area contributed by atoms with Gasteiger partial charge in [0.1, 0.15) is 24.2 Å². The minimum Gasteiger partial charge on any atom is -0.394 e. The fourth-order valence-electron chi connectivity index (χ4n) is 3.04. The third-order valence-corrected chi connectivity index (χ3v) is 4.32. The Kier molecular flexibility index (Phi) is 3.44. The molecule has 0 bridgehead atoms. The molecule has 8 heteroatoms. The van der Waals surface area contributed by atoms with Crippen LogP contribution in [-0.2, 0) is 15.3 Å². The number of hydrogen-bond donors (Lipinski definition) is 2. The maximum absolute atomic E-state index is 15.3. The molecule has 2 aromatic rings. The molecule has 7 nitrogen and oxygen atoms in total. The van der Waals surface area contributed by atoms with Crippen molar-refractivity contribution >= 4 is 5.52 Å². The fourth-order valence-corrected chi connectivity index (χ4v) is 3.04. The number of aromatic nitrogens is 3. The molecule has 1 fully saturated rings. The van der Waals surface area contributed by atoms with Crippen molar-refractivity contribution in [1.29, 1.82) is 0 Å². The van der Waals surface area contributed by atoms with Crippen molar-refractivity contribution in [3.05, 3.63) is 29.8 Å². The van der Waals surface area contributed by atoms with Crippen molar-refractivity contribution in [3.8, 4) is 0 Å². The summed E-state index contributed by atoms with van der Waals surface area (Å²) in [7, 11) is 1.29. The molecule has 0 saturated carbocycles. The van der Waals surface area contributed by atoms with Crippen molar-refractivity contribution < 1.29 is 24.1 Å². The number of ether oxygens (including phenoxy) is 2. The van der Waals surface area contributed by atoms with E-state index in [9.17, 15) is 10.2 Å². The maximum Gasteiger partial charge on any atom is 0.250 e. The van der Waals surface area contributed by atoms with Crippen LogP contribution in [0, 0.1) is 6.92 Å². The van der Waals surface area contributed by atoms with Gasteiger partial charge >= 0.3 is 0 Å². The topological polar surface area (TPSA) is 89.1 Å². The standard InChI is InChI=1S/C14H18FN3O4/c1-8-9-4-5-11(18(9)17-7-16-8)14(21-3)13(2,15)12(20)10(6-19)22-14/h4-5,7,10,12,19-20H,6H2,1-3H3/t10-,12-,13-,14+/m1/s1. The summed E-state index contributed by atoms with van der Waals surface area (Å²) >= 11 is 0. The van der Waals surface area contributed by atoms with Gasteiger partial charge in [-0.1, -0.05) is 0 Å². The molecule has 2 aromatic heterocycles. The van der Waals surface area contributed by atoms with Crippen LogP contribution in [0.2, 0.25) is 0 Å². The molecule has 2 N–H and O–H groups in total. The number of methoxy groups -OCH3 is 1. The summed E-state index contributed by atoms with van der Waals surface area (Å²) in [5.41, 5.74) is -0.599. The minimum absolute atomic E-state index is 0.288. The first-order chi connectivity index (χ1) is 10.4. The van der Waals surface area contributed by atoms with Crippen LogP contribution in [0.25, 0.3) is 5.52 Å². The Labute approximate surface area is 126 Å². The zero-order valence-corrected chi connectivity index (χ0v) is 12.5. The highest BCUT2D eigenvalue weighted by atomic mass is 19.1. The van der Waals surface area contributed by atoms with Gasteiger partial charge in [0.15, 0.2) is 5.67 Å². The average molecular weight is 311 g/mol. The Morgan fingerprint density at radius 2 is 2.23 bits per heavy atom. The van der Waals surface area contributed by atoms with Crippen LogP contribution in [0.1, 0.15) is 18.3 Å². The molecule has 4 atom stereocenters. The zero-order chi connectivity index (χ0) is 16.1. The van der Waals surface area contributed by atoms with Crippen molar-refractivity contribution in [3.63, 3.8) is 0 Å². The monoisotopic (exact) mass is 311 g/mol. The van der Waals surface area contributed by atoms with Crippen molar-refractivity contribution in [2.24, 2.45) is 0 Å². The van der Waals surface area contributed by atoms with Crippen LogP contribution in [0.5, 0.6) is 0 Å². The number of aliphatic hydroxyl groups is 2. The average Bonchev–Trinajstić information content (AvgIpc) is 3.01. The predicted molar refractivity (Wildman–Crippen MR) is 73.9 cm³/mol. The number of aliphatic hydroxyl groups excluding tert-OH is 2. The van der Waals surface area contributed by atoms with E-state index in [1.54, 1.807) is 19.1 Å². The third kappa shape index (κ3) is 1.75. The Balaban J connectivity index is 2.24. The van der Waals surface area contributed by atoms with E-state index in [0.717, 1.165) is 0 Å². The first-order valence-corrected chi connectivity index (χ1v) is 6.89. The highest BCUT2D eigenvalue weighted by Gasteiger charge is 2.67. The lowest BCUT2D eigenvalue weighted by atomic mass is 9.89. The van der Waals surface area contributed by atoms with Gasteiger partial charge in [-0.3, -0.25) is 0 Å². The molecule has 0 amide bonds. The van der Waals surface area contributed by atoms with E-state index in [0.29, 0.717) is 11.2 Å². The van der Waals surface area contributed by atoms with Crippen molar-refractivity contribution in [2.75, 3.05) is 13.7 Å². The van der Waals surface area contributed by atoms with Crippen molar-refractivity contribution in [1.82, 2.24) is 14.6 Å². The van der Waals surface area contributed by atoms with Gasteiger partial charge < -0.3 is 19.7 Å². The quantitative estimate of drug-likeness (QED) is 0.848. The van der Waals surface area contributed by atoms with E-state index in [1.807, 2.05) is 0 Å². The van der Waals surface area contributed by atoms with E-state index < -0.39 is 30.3 Å². The minimum atomic E-state index is -2.28. The second kappa shape index (κ2) is 4.95. The van der Waals surface area contributed by atoms with Gasteiger partial charge in [0.2, 0.25) is 5.79 Å². The molecule has 0 aromatic carbocycles. The van der Waals surface area contributed by atoms with Gasteiger partial charge in [-0.05, 0) is 26.0 Å². The van der Waals surface area contributed by atoms with Crippen LogP contribution in [0.15, 0.2) is 18.5 Å². The molecule has 1 aliphatic rings. The summed E-state index contributed by atoms with van der Waals surface area (Å²) in [6, 6.07) is 3.34. The van der Waals surface area contributed by atoms with Gasteiger partial charge in [-0.15, -0.1) is 0 Å². The van der Waals surface area contributed by atoms with Crippen LogP contribution in [0.3, 0.4) is 0 Å². The first-order valence-electron chi connectivity index (χ1n) is 6.89. The van der Waals surface area contributed by atoms with Gasteiger partial charge in [0, 0.05) is 7.11 Å². The first kappa shape index (κ1) is 15.3.